The van der Waals surface area contributed by atoms with Crippen LogP contribution in [0.4, 0.5) is 5.69 Å². The van der Waals surface area contributed by atoms with Gasteiger partial charge in [-0.2, -0.15) is 0 Å². The summed E-state index contributed by atoms with van der Waals surface area (Å²) in [6, 6.07) is 3.23. The molecule has 21 heavy (non-hydrogen) atoms. The third-order valence-electron chi connectivity index (χ3n) is 2.84. The average molecular weight is 376 g/mol. The molecule has 0 saturated heterocycles. The van der Waals surface area contributed by atoms with E-state index in [4.69, 9.17) is 21.4 Å². The second-order valence-electron chi connectivity index (χ2n) is 4.17. The molecular formula is C13H12BrClN2O4. The van der Waals surface area contributed by atoms with E-state index in [0.717, 1.165) is 4.90 Å². The SMILES string of the molecule is COc1cc(NC2=CC(=O)N(CCO)C2=O)c(Br)cc1Cl. The van der Waals surface area contributed by atoms with Crippen molar-refractivity contribution in [1.82, 2.24) is 4.90 Å². The van der Waals surface area contributed by atoms with E-state index in [1.807, 2.05) is 0 Å². The van der Waals surface area contributed by atoms with E-state index in [9.17, 15) is 9.59 Å². The molecule has 1 aromatic carbocycles. The number of hydrogen-bond donors (Lipinski definition) is 2. The molecule has 1 aliphatic rings. The summed E-state index contributed by atoms with van der Waals surface area (Å²) in [6.07, 6.45) is 1.19. The van der Waals surface area contributed by atoms with Gasteiger partial charge in [-0.3, -0.25) is 14.5 Å². The Morgan fingerprint density at radius 3 is 2.76 bits per heavy atom. The number of methoxy groups -OCH3 is 1. The van der Waals surface area contributed by atoms with Crippen molar-refractivity contribution >= 4 is 45.0 Å². The first-order valence-corrected chi connectivity index (χ1v) is 7.13. The quantitative estimate of drug-likeness (QED) is 0.767. The van der Waals surface area contributed by atoms with Crippen LogP contribution in [0.5, 0.6) is 5.75 Å². The third kappa shape index (κ3) is 3.20. The number of carbonyl (C=O) groups is 2. The number of rotatable bonds is 5. The lowest BCUT2D eigenvalue weighted by molar-refractivity contribution is -0.137. The fourth-order valence-electron chi connectivity index (χ4n) is 1.84. The van der Waals surface area contributed by atoms with Crippen LogP contribution in [0.25, 0.3) is 0 Å². The lowest BCUT2D eigenvalue weighted by Gasteiger charge is -2.14. The fraction of sp³-hybridized carbons (Fsp3) is 0.231. The van der Waals surface area contributed by atoms with Gasteiger partial charge in [0.25, 0.3) is 11.8 Å². The molecule has 2 amide bonds. The summed E-state index contributed by atoms with van der Waals surface area (Å²) in [5, 5.41) is 12.1. The van der Waals surface area contributed by atoms with Gasteiger partial charge in [0.2, 0.25) is 0 Å². The Kier molecular flexibility index (Phi) is 4.87. The van der Waals surface area contributed by atoms with E-state index < -0.39 is 11.8 Å². The normalized spacial score (nSPS) is 14.5. The zero-order valence-electron chi connectivity index (χ0n) is 11.0. The van der Waals surface area contributed by atoms with Gasteiger partial charge in [0.1, 0.15) is 11.4 Å². The van der Waals surface area contributed by atoms with E-state index in [1.54, 1.807) is 12.1 Å². The number of halogens is 2. The van der Waals surface area contributed by atoms with Crippen LogP contribution in [0.2, 0.25) is 5.02 Å². The molecule has 0 unspecified atom stereocenters. The third-order valence-corrected chi connectivity index (χ3v) is 3.80. The monoisotopic (exact) mass is 374 g/mol. The number of nitrogens with one attached hydrogen (secondary N) is 1. The summed E-state index contributed by atoms with van der Waals surface area (Å²) in [6.45, 7) is -0.318. The van der Waals surface area contributed by atoms with Crippen molar-refractivity contribution in [2.24, 2.45) is 0 Å². The first-order valence-electron chi connectivity index (χ1n) is 5.96. The highest BCUT2D eigenvalue weighted by molar-refractivity contribution is 9.10. The van der Waals surface area contributed by atoms with Gasteiger partial charge >= 0.3 is 0 Å². The lowest BCUT2D eigenvalue weighted by atomic mass is 10.3. The van der Waals surface area contributed by atoms with Crippen LogP contribution >= 0.6 is 27.5 Å². The first-order chi connectivity index (χ1) is 9.97. The van der Waals surface area contributed by atoms with Gasteiger partial charge in [0.15, 0.2) is 0 Å². The van der Waals surface area contributed by atoms with Crippen molar-refractivity contribution in [1.29, 1.82) is 0 Å². The highest BCUT2D eigenvalue weighted by atomic mass is 79.9. The average Bonchev–Trinajstić information content (AvgIpc) is 2.70. The van der Waals surface area contributed by atoms with Gasteiger partial charge in [-0.05, 0) is 22.0 Å². The predicted molar refractivity (Wildman–Crippen MR) is 81.2 cm³/mol. The Labute approximate surface area is 134 Å². The number of aliphatic hydroxyl groups is 1. The summed E-state index contributed by atoms with van der Waals surface area (Å²) in [5.74, 6) is -0.518. The standard InChI is InChI=1S/C13H12BrClN2O4/c1-21-11-5-9(7(14)4-8(11)15)16-10-6-12(19)17(2-3-18)13(10)20/h4-6,16,18H,2-3H2,1H3. The zero-order chi connectivity index (χ0) is 15.6. The molecule has 112 valence electrons. The van der Waals surface area contributed by atoms with Crippen molar-refractivity contribution < 1.29 is 19.4 Å². The summed E-state index contributed by atoms with van der Waals surface area (Å²) < 4.78 is 5.73. The predicted octanol–water partition coefficient (Wildman–Crippen LogP) is 1.77. The van der Waals surface area contributed by atoms with E-state index in [1.165, 1.54) is 13.2 Å². The highest BCUT2D eigenvalue weighted by Gasteiger charge is 2.30. The molecule has 1 aromatic rings. The topological polar surface area (TPSA) is 78.9 Å². The van der Waals surface area contributed by atoms with Gasteiger partial charge in [-0.15, -0.1) is 0 Å². The fourth-order valence-corrected chi connectivity index (χ4v) is 2.65. The van der Waals surface area contributed by atoms with Gasteiger partial charge in [-0.25, -0.2) is 0 Å². The smallest absolute Gasteiger partial charge is 0.277 e. The number of carbonyl (C=O) groups excluding carboxylic acids is 2. The molecule has 1 aliphatic heterocycles. The molecule has 0 spiro atoms. The highest BCUT2D eigenvalue weighted by Crippen LogP contribution is 2.35. The summed E-state index contributed by atoms with van der Waals surface area (Å²) >= 11 is 9.30. The lowest BCUT2D eigenvalue weighted by Crippen LogP contribution is -2.34. The number of amides is 2. The second kappa shape index (κ2) is 6.46. The number of hydrogen-bond acceptors (Lipinski definition) is 5. The number of aliphatic hydroxyl groups excluding tert-OH is 1. The molecule has 0 bridgehead atoms. The molecule has 0 radical (unpaired) electrons. The summed E-state index contributed by atoms with van der Waals surface area (Å²) in [7, 11) is 1.48. The van der Waals surface area contributed by atoms with E-state index in [0.29, 0.717) is 20.9 Å². The minimum atomic E-state index is -0.491. The number of anilines is 1. The van der Waals surface area contributed by atoms with Crippen LogP contribution in [0.3, 0.4) is 0 Å². The van der Waals surface area contributed by atoms with Crippen LogP contribution in [-0.2, 0) is 9.59 Å². The maximum atomic E-state index is 12.0. The molecule has 0 atom stereocenters. The Bertz CT molecular complexity index is 633. The van der Waals surface area contributed by atoms with Gasteiger partial charge in [0.05, 0.1) is 31.0 Å². The first kappa shape index (κ1) is 15.8. The number of nitrogens with zero attached hydrogens (tertiary/aromatic N) is 1. The van der Waals surface area contributed by atoms with E-state index >= 15 is 0 Å². The van der Waals surface area contributed by atoms with Crippen molar-refractivity contribution in [3.05, 3.63) is 33.4 Å². The summed E-state index contributed by atoms with van der Waals surface area (Å²) in [4.78, 5) is 24.7. The van der Waals surface area contributed by atoms with Gasteiger partial charge < -0.3 is 15.2 Å². The Morgan fingerprint density at radius 2 is 2.14 bits per heavy atom. The zero-order valence-corrected chi connectivity index (χ0v) is 13.4. The van der Waals surface area contributed by atoms with E-state index in [2.05, 4.69) is 21.2 Å². The largest absolute Gasteiger partial charge is 0.495 e. The van der Waals surface area contributed by atoms with Crippen LogP contribution in [-0.4, -0.2) is 42.1 Å². The minimum absolute atomic E-state index is 0.0372. The molecule has 6 nitrogen and oxygen atoms in total. The molecule has 0 aromatic heterocycles. The minimum Gasteiger partial charge on any atom is -0.495 e. The molecule has 8 heteroatoms. The van der Waals surface area contributed by atoms with Crippen LogP contribution in [0, 0.1) is 0 Å². The molecule has 0 saturated carbocycles. The molecular weight excluding hydrogens is 364 g/mol. The maximum absolute atomic E-state index is 12.0. The second-order valence-corrected chi connectivity index (χ2v) is 5.43. The van der Waals surface area contributed by atoms with Crippen molar-refractivity contribution in [3.63, 3.8) is 0 Å². The molecule has 0 fully saturated rings. The van der Waals surface area contributed by atoms with Crippen LogP contribution in [0.1, 0.15) is 0 Å². The number of benzene rings is 1. The molecule has 2 N–H and O–H groups in total. The van der Waals surface area contributed by atoms with Crippen molar-refractivity contribution in [3.8, 4) is 5.75 Å². The molecule has 1 heterocycles. The molecule has 2 rings (SSSR count). The van der Waals surface area contributed by atoms with E-state index in [-0.39, 0.29) is 18.8 Å². The Hall–Kier alpha value is -1.57. The van der Waals surface area contributed by atoms with Crippen molar-refractivity contribution in [2.75, 3.05) is 25.6 Å². The number of imide groups is 1. The summed E-state index contributed by atoms with van der Waals surface area (Å²) in [5.41, 5.74) is 0.660. The van der Waals surface area contributed by atoms with Crippen LogP contribution < -0.4 is 10.1 Å². The number of β-amino-alcohol motifs (C(OH)–C–C–N with tert-alkyl or cyclic N) is 1. The Balaban J connectivity index is 2.25. The molecule has 0 aliphatic carbocycles. The van der Waals surface area contributed by atoms with Gasteiger partial charge in [0, 0.05) is 16.6 Å². The van der Waals surface area contributed by atoms with Gasteiger partial charge in [-0.1, -0.05) is 11.6 Å². The maximum Gasteiger partial charge on any atom is 0.277 e. The Morgan fingerprint density at radius 1 is 1.43 bits per heavy atom. The number of ether oxygens (including phenoxy) is 1. The van der Waals surface area contributed by atoms with Crippen LogP contribution in [0.15, 0.2) is 28.4 Å². The van der Waals surface area contributed by atoms with Crippen molar-refractivity contribution in [2.45, 2.75) is 0 Å².